The lowest BCUT2D eigenvalue weighted by Crippen LogP contribution is -2.35. The molecule has 1 aliphatic rings. The quantitative estimate of drug-likeness (QED) is 0.663. The van der Waals surface area contributed by atoms with Crippen LogP contribution in [0.1, 0.15) is 19.3 Å². The Bertz CT molecular complexity index is 484. The van der Waals surface area contributed by atoms with E-state index in [0.717, 1.165) is 31.4 Å². The topological polar surface area (TPSA) is 81.2 Å². The van der Waals surface area contributed by atoms with Gasteiger partial charge in [0.1, 0.15) is 11.5 Å². The van der Waals surface area contributed by atoms with E-state index in [4.69, 9.17) is 5.73 Å². The van der Waals surface area contributed by atoms with Crippen molar-refractivity contribution >= 4 is 27.3 Å². The minimum Gasteiger partial charge on any atom is -0.375 e. The van der Waals surface area contributed by atoms with Crippen LogP contribution < -0.4 is 11.1 Å². The molecule has 1 aromatic rings. The summed E-state index contributed by atoms with van der Waals surface area (Å²) in [6.45, 7) is 0. The van der Waals surface area contributed by atoms with E-state index in [9.17, 15) is 14.5 Å². The minimum absolute atomic E-state index is 0.0377. The van der Waals surface area contributed by atoms with Gasteiger partial charge in [-0.15, -0.1) is 0 Å². The number of nitrogens with two attached hydrogens (primary N) is 1. The van der Waals surface area contributed by atoms with Crippen molar-refractivity contribution in [2.45, 2.75) is 31.3 Å². The van der Waals surface area contributed by atoms with Crippen LogP contribution >= 0.6 is 15.9 Å². The van der Waals surface area contributed by atoms with E-state index < -0.39 is 10.7 Å². The second-order valence-electron chi connectivity index (χ2n) is 4.39. The van der Waals surface area contributed by atoms with Crippen LogP contribution in [0.4, 0.5) is 15.8 Å². The Kier molecular flexibility index (Phi) is 3.82. The smallest absolute Gasteiger partial charge is 0.293 e. The van der Waals surface area contributed by atoms with Crippen molar-refractivity contribution < 1.29 is 9.31 Å². The van der Waals surface area contributed by atoms with Gasteiger partial charge in [-0.05, 0) is 35.2 Å². The molecule has 1 aliphatic carbocycles. The van der Waals surface area contributed by atoms with E-state index in [-0.39, 0.29) is 27.9 Å². The van der Waals surface area contributed by atoms with Gasteiger partial charge in [0.05, 0.1) is 9.40 Å². The van der Waals surface area contributed by atoms with Gasteiger partial charge in [0.2, 0.25) is 0 Å². The van der Waals surface area contributed by atoms with Gasteiger partial charge >= 0.3 is 0 Å². The first-order valence-electron chi connectivity index (χ1n) is 5.64. The third-order valence-electron chi connectivity index (χ3n) is 3.15. The molecule has 0 aliphatic heterocycles. The second kappa shape index (κ2) is 5.19. The van der Waals surface area contributed by atoms with Gasteiger partial charge < -0.3 is 11.1 Å². The number of nitrogens with one attached hydrogen (secondary N) is 1. The monoisotopic (exact) mass is 317 g/mol. The molecule has 0 saturated heterocycles. The maximum Gasteiger partial charge on any atom is 0.293 e. The normalized spacial score (nSPS) is 23.1. The zero-order valence-corrected chi connectivity index (χ0v) is 11.1. The average Bonchev–Trinajstić information content (AvgIpc) is 2.69. The van der Waals surface area contributed by atoms with Crippen LogP contribution in [0.2, 0.25) is 0 Å². The maximum absolute atomic E-state index is 13.5. The molecule has 18 heavy (non-hydrogen) atoms. The summed E-state index contributed by atoms with van der Waals surface area (Å²) in [5.74, 6) is -0.533. The van der Waals surface area contributed by atoms with Gasteiger partial charge in [-0.3, -0.25) is 10.1 Å². The van der Waals surface area contributed by atoms with Crippen molar-refractivity contribution in [3.8, 4) is 0 Å². The largest absolute Gasteiger partial charge is 0.375 e. The lowest BCUT2D eigenvalue weighted by Gasteiger charge is -2.18. The standard InChI is InChI=1S/C11H13BrFN3O2/c12-6-4-11(16(17)18)10(5-7(6)13)15-9-3-1-2-8(9)14/h4-5,8-9,15H,1-3,14H2. The van der Waals surface area contributed by atoms with E-state index in [0.29, 0.717) is 0 Å². The van der Waals surface area contributed by atoms with Crippen LogP contribution in [-0.4, -0.2) is 17.0 Å². The molecule has 0 heterocycles. The average molecular weight is 318 g/mol. The third kappa shape index (κ3) is 2.62. The van der Waals surface area contributed by atoms with E-state index in [1.54, 1.807) is 0 Å². The molecule has 0 aromatic heterocycles. The first-order chi connectivity index (χ1) is 8.49. The Morgan fingerprint density at radius 2 is 2.22 bits per heavy atom. The summed E-state index contributed by atoms with van der Waals surface area (Å²) in [5.41, 5.74) is 5.92. The number of benzene rings is 1. The number of anilines is 1. The number of nitrogens with zero attached hydrogens (tertiary/aromatic N) is 1. The van der Waals surface area contributed by atoms with Crippen molar-refractivity contribution in [2.24, 2.45) is 5.73 Å². The number of hydrogen-bond acceptors (Lipinski definition) is 4. The van der Waals surface area contributed by atoms with E-state index in [1.807, 2.05) is 0 Å². The Balaban J connectivity index is 2.30. The summed E-state index contributed by atoms with van der Waals surface area (Å²) in [4.78, 5) is 10.4. The third-order valence-corrected chi connectivity index (χ3v) is 3.75. The lowest BCUT2D eigenvalue weighted by atomic mass is 10.1. The number of nitro benzene ring substituents is 1. The Hall–Kier alpha value is -1.21. The lowest BCUT2D eigenvalue weighted by molar-refractivity contribution is -0.384. The van der Waals surface area contributed by atoms with Crippen LogP contribution in [0.15, 0.2) is 16.6 Å². The van der Waals surface area contributed by atoms with Gasteiger partial charge in [-0.2, -0.15) is 0 Å². The Morgan fingerprint density at radius 1 is 1.50 bits per heavy atom. The molecule has 0 spiro atoms. The number of rotatable bonds is 3. The van der Waals surface area contributed by atoms with Crippen LogP contribution in [0, 0.1) is 15.9 Å². The fourth-order valence-electron chi connectivity index (χ4n) is 2.17. The molecule has 0 bridgehead atoms. The second-order valence-corrected chi connectivity index (χ2v) is 5.24. The first-order valence-corrected chi connectivity index (χ1v) is 6.44. The van der Waals surface area contributed by atoms with Crippen LogP contribution in [0.5, 0.6) is 0 Å². The van der Waals surface area contributed by atoms with E-state index in [1.165, 1.54) is 0 Å². The van der Waals surface area contributed by atoms with E-state index >= 15 is 0 Å². The van der Waals surface area contributed by atoms with Crippen molar-refractivity contribution in [2.75, 3.05) is 5.32 Å². The molecule has 2 unspecified atom stereocenters. The van der Waals surface area contributed by atoms with Gasteiger partial charge in [0, 0.05) is 24.2 Å². The first kappa shape index (κ1) is 13.2. The zero-order chi connectivity index (χ0) is 13.3. The summed E-state index contributed by atoms with van der Waals surface area (Å²) in [6, 6.07) is 2.21. The molecule has 1 fully saturated rings. The highest BCUT2D eigenvalue weighted by Crippen LogP contribution is 2.32. The summed E-state index contributed by atoms with van der Waals surface area (Å²) in [6.07, 6.45) is 2.70. The van der Waals surface area contributed by atoms with Gasteiger partial charge in [0.25, 0.3) is 5.69 Å². The number of halogens is 2. The fraction of sp³-hybridized carbons (Fsp3) is 0.455. The molecule has 2 atom stereocenters. The molecule has 7 heteroatoms. The predicted octanol–water partition coefficient (Wildman–Crippen LogP) is 2.79. The highest BCUT2D eigenvalue weighted by atomic mass is 79.9. The fourth-order valence-corrected chi connectivity index (χ4v) is 2.50. The highest BCUT2D eigenvalue weighted by Gasteiger charge is 2.27. The molecule has 2 rings (SSSR count). The Labute approximate surface area is 112 Å². The minimum atomic E-state index is -0.535. The molecule has 5 nitrogen and oxygen atoms in total. The molecule has 1 saturated carbocycles. The van der Waals surface area contributed by atoms with E-state index in [2.05, 4.69) is 21.2 Å². The Morgan fingerprint density at radius 3 is 2.78 bits per heavy atom. The van der Waals surface area contributed by atoms with Crippen molar-refractivity contribution in [3.05, 3.63) is 32.5 Å². The molecule has 0 radical (unpaired) electrons. The summed E-state index contributed by atoms with van der Waals surface area (Å²) in [5, 5.41) is 13.9. The summed E-state index contributed by atoms with van der Waals surface area (Å²) in [7, 11) is 0. The van der Waals surface area contributed by atoms with Gasteiger partial charge in [-0.1, -0.05) is 0 Å². The van der Waals surface area contributed by atoms with Crippen LogP contribution in [0.3, 0.4) is 0 Å². The predicted molar refractivity (Wildman–Crippen MR) is 70.0 cm³/mol. The van der Waals surface area contributed by atoms with Crippen molar-refractivity contribution in [1.29, 1.82) is 0 Å². The van der Waals surface area contributed by atoms with Crippen LogP contribution in [0.25, 0.3) is 0 Å². The molecule has 98 valence electrons. The zero-order valence-electron chi connectivity index (χ0n) is 9.53. The summed E-state index contributed by atoms with van der Waals surface area (Å²) < 4.78 is 13.5. The van der Waals surface area contributed by atoms with Crippen molar-refractivity contribution in [1.82, 2.24) is 0 Å². The number of hydrogen-bond donors (Lipinski definition) is 2. The summed E-state index contributed by atoms with van der Waals surface area (Å²) >= 11 is 2.94. The molecular formula is C11H13BrFN3O2. The van der Waals surface area contributed by atoms with Crippen molar-refractivity contribution in [3.63, 3.8) is 0 Å². The molecule has 0 amide bonds. The maximum atomic E-state index is 13.5. The van der Waals surface area contributed by atoms with Crippen LogP contribution in [-0.2, 0) is 0 Å². The molecular weight excluding hydrogens is 305 g/mol. The van der Waals surface area contributed by atoms with Gasteiger partial charge in [0.15, 0.2) is 0 Å². The molecule has 3 N–H and O–H groups in total. The SMILES string of the molecule is NC1CCCC1Nc1cc(F)c(Br)cc1[N+](=O)[O-]. The number of nitro groups is 1. The van der Waals surface area contributed by atoms with Gasteiger partial charge in [-0.25, -0.2) is 4.39 Å². The molecule has 1 aromatic carbocycles. The highest BCUT2D eigenvalue weighted by molar-refractivity contribution is 9.10.